The predicted molar refractivity (Wildman–Crippen MR) is 82.4 cm³/mol. The topological polar surface area (TPSA) is 30.5 Å². The number of benzene rings is 1. The van der Waals surface area contributed by atoms with Crippen LogP contribution in [0.25, 0.3) is 0 Å². The van der Waals surface area contributed by atoms with Gasteiger partial charge < -0.3 is 14.8 Å². The van der Waals surface area contributed by atoms with Crippen molar-refractivity contribution in [3.63, 3.8) is 0 Å². The first kappa shape index (κ1) is 15.2. The van der Waals surface area contributed by atoms with Crippen molar-refractivity contribution < 1.29 is 9.47 Å². The molecular formula is C17H27NO2. The third-order valence-electron chi connectivity index (χ3n) is 4.52. The maximum Gasteiger partial charge on any atom is 0.161 e. The van der Waals surface area contributed by atoms with Gasteiger partial charge in [0.25, 0.3) is 0 Å². The van der Waals surface area contributed by atoms with Gasteiger partial charge in [0.2, 0.25) is 0 Å². The zero-order valence-corrected chi connectivity index (χ0v) is 13.0. The summed E-state index contributed by atoms with van der Waals surface area (Å²) in [4.78, 5) is 0. The van der Waals surface area contributed by atoms with Crippen LogP contribution in [0.3, 0.4) is 0 Å². The lowest BCUT2D eigenvalue weighted by Crippen LogP contribution is -2.39. The first-order valence-corrected chi connectivity index (χ1v) is 7.73. The van der Waals surface area contributed by atoms with Gasteiger partial charge in [-0.15, -0.1) is 0 Å². The maximum atomic E-state index is 5.62. The number of methoxy groups -OCH3 is 1. The second-order valence-corrected chi connectivity index (χ2v) is 5.73. The van der Waals surface area contributed by atoms with Crippen LogP contribution in [-0.2, 0) is 6.54 Å². The number of hydrogen-bond donors (Lipinski definition) is 1. The van der Waals surface area contributed by atoms with Crippen LogP contribution >= 0.6 is 0 Å². The van der Waals surface area contributed by atoms with Crippen LogP contribution in [0.5, 0.6) is 11.5 Å². The molecule has 112 valence electrons. The minimum absolute atomic E-state index is 0.565. The Bertz CT molecular complexity index is 421. The van der Waals surface area contributed by atoms with E-state index in [1.54, 1.807) is 7.11 Å². The fraction of sp³-hybridized carbons (Fsp3) is 0.647. The first-order valence-electron chi connectivity index (χ1n) is 7.73. The Labute approximate surface area is 122 Å². The van der Waals surface area contributed by atoms with Crippen molar-refractivity contribution in [3.05, 3.63) is 23.8 Å². The Hall–Kier alpha value is -1.22. The van der Waals surface area contributed by atoms with Crippen LogP contribution in [0.2, 0.25) is 0 Å². The summed E-state index contributed by atoms with van der Waals surface area (Å²) in [6.45, 7) is 6.98. The maximum absolute atomic E-state index is 5.62. The van der Waals surface area contributed by atoms with Crippen LogP contribution in [0, 0.1) is 5.41 Å². The fourth-order valence-corrected chi connectivity index (χ4v) is 2.90. The zero-order valence-electron chi connectivity index (χ0n) is 13.0. The number of hydrogen-bond acceptors (Lipinski definition) is 3. The Kier molecular flexibility index (Phi) is 5.30. The molecule has 20 heavy (non-hydrogen) atoms. The minimum atomic E-state index is 0.565. The summed E-state index contributed by atoms with van der Waals surface area (Å²) < 4.78 is 10.9. The van der Waals surface area contributed by atoms with Crippen molar-refractivity contribution in [3.8, 4) is 11.5 Å². The van der Waals surface area contributed by atoms with E-state index in [0.29, 0.717) is 12.0 Å². The molecule has 0 aromatic heterocycles. The van der Waals surface area contributed by atoms with E-state index in [0.717, 1.165) is 24.6 Å². The van der Waals surface area contributed by atoms with Gasteiger partial charge in [0, 0.05) is 13.1 Å². The monoisotopic (exact) mass is 277 g/mol. The highest BCUT2D eigenvalue weighted by molar-refractivity contribution is 5.42. The average Bonchev–Trinajstić information content (AvgIpc) is 2.42. The molecule has 2 rings (SSSR count). The van der Waals surface area contributed by atoms with Gasteiger partial charge in [-0.25, -0.2) is 0 Å². The van der Waals surface area contributed by atoms with Crippen molar-refractivity contribution in [2.24, 2.45) is 5.41 Å². The van der Waals surface area contributed by atoms with Crippen LogP contribution < -0.4 is 14.8 Å². The second-order valence-electron chi connectivity index (χ2n) is 5.73. The van der Waals surface area contributed by atoms with Gasteiger partial charge in [0.05, 0.1) is 13.7 Å². The first-order chi connectivity index (χ1) is 9.73. The quantitative estimate of drug-likeness (QED) is 0.784. The van der Waals surface area contributed by atoms with Crippen LogP contribution in [0.1, 0.15) is 45.1 Å². The van der Waals surface area contributed by atoms with E-state index in [1.807, 2.05) is 13.0 Å². The van der Waals surface area contributed by atoms with Gasteiger partial charge in [-0.1, -0.05) is 19.4 Å². The Morgan fingerprint density at radius 3 is 2.55 bits per heavy atom. The predicted octanol–water partition coefficient (Wildman–Crippen LogP) is 3.76. The molecule has 1 aromatic rings. The minimum Gasteiger partial charge on any atom is -0.493 e. The van der Waals surface area contributed by atoms with Gasteiger partial charge in [0.15, 0.2) is 11.5 Å². The van der Waals surface area contributed by atoms with E-state index in [4.69, 9.17) is 9.47 Å². The molecule has 0 unspecified atom stereocenters. The third kappa shape index (κ3) is 3.45. The van der Waals surface area contributed by atoms with Crippen molar-refractivity contribution in [2.75, 3.05) is 20.3 Å². The van der Waals surface area contributed by atoms with E-state index in [1.165, 1.54) is 31.2 Å². The summed E-state index contributed by atoms with van der Waals surface area (Å²) in [6.07, 6.45) is 5.44. The molecule has 1 aliphatic rings. The highest BCUT2D eigenvalue weighted by Crippen LogP contribution is 2.43. The van der Waals surface area contributed by atoms with Gasteiger partial charge in [-0.2, -0.15) is 0 Å². The highest BCUT2D eigenvalue weighted by Gasteiger charge is 2.34. The van der Waals surface area contributed by atoms with Crippen molar-refractivity contribution in [1.82, 2.24) is 5.32 Å². The molecule has 1 N–H and O–H groups in total. The smallest absolute Gasteiger partial charge is 0.161 e. The number of rotatable bonds is 8. The average molecular weight is 277 g/mol. The lowest BCUT2D eigenvalue weighted by atomic mass is 9.67. The van der Waals surface area contributed by atoms with E-state index < -0.39 is 0 Å². The van der Waals surface area contributed by atoms with Crippen molar-refractivity contribution in [2.45, 2.75) is 46.1 Å². The SMILES string of the molecule is CCOc1cc(CNCC2(CC)CCC2)ccc1OC. The van der Waals surface area contributed by atoms with Crippen LogP contribution in [0.4, 0.5) is 0 Å². The van der Waals surface area contributed by atoms with Gasteiger partial charge in [0.1, 0.15) is 0 Å². The molecule has 3 nitrogen and oxygen atoms in total. The molecule has 0 aliphatic heterocycles. The lowest BCUT2D eigenvalue weighted by Gasteiger charge is -2.41. The Morgan fingerprint density at radius 1 is 1.20 bits per heavy atom. The number of ether oxygens (including phenoxy) is 2. The highest BCUT2D eigenvalue weighted by atomic mass is 16.5. The molecule has 0 radical (unpaired) electrons. The number of nitrogens with one attached hydrogen (secondary N) is 1. The summed E-state index contributed by atoms with van der Waals surface area (Å²) in [5.41, 5.74) is 1.81. The molecule has 1 saturated carbocycles. The van der Waals surface area contributed by atoms with E-state index in [2.05, 4.69) is 24.4 Å². The summed E-state index contributed by atoms with van der Waals surface area (Å²) in [5, 5.41) is 3.61. The molecule has 0 atom stereocenters. The van der Waals surface area contributed by atoms with Crippen LogP contribution in [-0.4, -0.2) is 20.3 Å². The molecule has 0 saturated heterocycles. The third-order valence-corrected chi connectivity index (χ3v) is 4.52. The summed E-state index contributed by atoms with van der Waals surface area (Å²) in [7, 11) is 1.68. The van der Waals surface area contributed by atoms with Gasteiger partial charge >= 0.3 is 0 Å². The molecule has 0 bridgehead atoms. The molecule has 0 amide bonds. The fourth-order valence-electron chi connectivity index (χ4n) is 2.90. The second kappa shape index (κ2) is 6.98. The summed E-state index contributed by atoms with van der Waals surface area (Å²) in [5.74, 6) is 1.64. The Morgan fingerprint density at radius 2 is 2.00 bits per heavy atom. The lowest BCUT2D eigenvalue weighted by molar-refractivity contribution is 0.124. The normalized spacial score (nSPS) is 16.6. The standard InChI is InChI=1S/C17H27NO2/c1-4-17(9-6-10-17)13-18-12-14-7-8-15(19-3)16(11-14)20-5-2/h7-8,11,18H,4-6,9-10,12-13H2,1-3H3. The van der Waals surface area contributed by atoms with Crippen LogP contribution in [0.15, 0.2) is 18.2 Å². The molecule has 1 aromatic carbocycles. The van der Waals surface area contributed by atoms with Gasteiger partial charge in [-0.05, 0) is 49.3 Å². The van der Waals surface area contributed by atoms with Crippen molar-refractivity contribution in [1.29, 1.82) is 0 Å². The van der Waals surface area contributed by atoms with E-state index in [9.17, 15) is 0 Å². The summed E-state index contributed by atoms with van der Waals surface area (Å²) in [6, 6.07) is 6.17. The van der Waals surface area contributed by atoms with Gasteiger partial charge in [-0.3, -0.25) is 0 Å². The molecule has 3 heteroatoms. The van der Waals surface area contributed by atoms with E-state index in [-0.39, 0.29) is 0 Å². The van der Waals surface area contributed by atoms with E-state index >= 15 is 0 Å². The molecule has 0 spiro atoms. The zero-order chi connectivity index (χ0) is 14.4. The molecule has 1 fully saturated rings. The largest absolute Gasteiger partial charge is 0.493 e. The van der Waals surface area contributed by atoms with Crippen molar-refractivity contribution >= 4 is 0 Å². The Balaban J connectivity index is 1.90. The molecule has 1 aliphatic carbocycles. The summed E-state index contributed by atoms with van der Waals surface area (Å²) >= 11 is 0. The molecular weight excluding hydrogens is 250 g/mol. The molecule has 0 heterocycles.